The molecule has 0 fully saturated rings. The van der Waals surface area contributed by atoms with Crippen molar-refractivity contribution in [2.45, 2.75) is 9.79 Å². The minimum atomic E-state index is -4.60. The number of ether oxygens (including phenoxy) is 1. The summed E-state index contributed by atoms with van der Waals surface area (Å²) in [5.74, 6) is -0.613. The second kappa shape index (κ2) is 4.84. The SMILES string of the molecule is COc1cc(S(=O)(=O)O)cc2cc(S(=O)(=O)O)cc(O)c12. The van der Waals surface area contributed by atoms with Crippen molar-refractivity contribution in [2.75, 3.05) is 7.11 Å². The molecule has 2 aromatic carbocycles. The predicted molar refractivity (Wildman–Crippen MR) is 71.8 cm³/mol. The number of fused-ring (bicyclic) bond motifs is 1. The molecule has 0 aliphatic heterocycles. The molecule has 8 nitrogen and oxygen atoms in total. The molecule has 114 valence electrons. The van der Waals surface area contributed by atoms with Crippen LogP contribution >= 0.6 is 0 Å². The first kappa shape index (κ1) is 15.5. The summed E-state index contributed by atoms with van der Waals surface area (Å²) in [4.78, 5) is -1.17. The summed E-state index contributed by atoms with van der Waals surface area (Å²) in [5.41, 5.74) is 0. The molecule has 0 aromatic heterocycles. The Bertz CT molecular complexity index is 923. The molecule has 0 amide bonds. The van der Waals surface area contributed by atoms with Crippen molar-refractivity contribution in [2.24, 2.45) is 0 Å². The summed E-state index contributed by atoms with van der Waals surface area (Å²) in [7, 11) is -7.95. The largest absolute Gasteiger partial charge is 0.507 e. The molecule has 0 bridgehead atoms. The van der Waals surface area contributed by atoms with E-state index >= 15 is 0 Å². The van der Waals surface area contributed by atoms with E-state index in [1.807, 2.05) is 0 Å². The third-order valence-corrected chi connectivity index (χ3v) is 4.42. The molecule has 10 heteroatoms. The van der Waals surface area contributed by atoms with Crippen molar-refractivity contribution in [3.63, 3.8) is 0 Å². The predicted octanol–water partition coefficient (Wildman–Crippen LogP) is 1.05. The highest BCUT2D eigenvalue weighted by atomic mass is 32.2. The topological polar surface area (TPSA) is 138 Å². The van der Waals surface area contributed by atoms with Gasteiger partial charge in [-0.3, -0.25) is 9.11 Å². The van der Waals surface area contributed by atoms with Crippen molar-refractivity contribution >= 4 is 31.0 Å². The fraction of sp³-hybridized carbons (Fsp3) is 0.0909. The lowest BCUT2D eigenvalue weighted by molar-refractivity contribution is 0.413. The standard InChI is InChI=1S/C11H10O8S2/c1-19-10-5-8(21(16,17)18)3-6-2-7(20(13,14)15)4-9(12)11(6)10/h2-5,12H,1H3,(H,13,14,15)(H,16,17,18). The first-order valence-electron chi connectivity index (χ1n) is 5.34. The molecule has 3 N–H and O–H groups in total. The minimum Gasteiger partial charge on any atom is -0.507 e. The van der Waals surface area contributed by atoms with Crippen molar-refractivity contribution in [3.8, 4) is 11.5 Å². The van der Waals surface area contributed by atoms with Crippen LogP contribution in [0.2, 0.25) is 0 Å². The van der Waals surface area contributed by atoms with E-state index in [1.165, 1.54) is 7.11 Å². The maximum absolute atomic E-state index is 11.2. The van der Waals surface area contributed by atoms with Crippen LogP contribution in [0.1, 0.15) is 0 Å². The lowest BCUT2D eigenvalue weighted by Crippen LogP contribution is -2.01. The van der Waals surface area contributed by atoms with E-state index < -0.39 is 35.8 Å². The second-order valence-electron chi connectivity index (χ2n) is 4.12. The van der Waals surface area contributed by atoms with Gasteiger partial charge in [-0.2, -0.15) is 16.8 Å². The second-order valence-corrected chi connectivity index (χ2v) is 6.96. The van der Waals surface area contributed by atoms with E-state index in [4.69, 9.17) is 13.8 Å². The third-order valence-electron chi connectivity index (χ3n) is 2.75. The Morgan fingerprint density at radius 1 is 0.905 bits per heavy atom. The number of methoxy groups -OCH3 is 1. The number of phenolic OH excluding ortho intramolecular Hbond substituents is 1. The van der Waals surface area contributed by atoms with E-state index in [0.29, 0.717) is 0 Å². The Morgan fingerprint density at radius 3 is 1.81 bits per heavy atom. The third kappa shape index (κ3) is 2.93. The van der Waals surface area contributed by atoms with Gasteiger partial charge >= 0.3 is 0 Å². The number of rotatable bonds is 3. The molecule has 0 unspecified atom stereocenters. The number of hydrogen-bond acceptors (Lipinski definition) is 6. The van der Waals surface area contributed by atoms with E-state index in [9.17, 15) is 21.9 Å². The first-order valence-corrected chi connectivity index (χ1v) is 8.22. The molecule has 0 aliphatic carbocycles. The summed E-state index contributed by atoms with van der Waals surface area (Å²) in [6.07, 6.45) is 0. The minimum absolute atomic E-state index is 0.0392. The van der Waals surface area contributed by atoms with E-state index in [0.717, 1.165) is 24.3 Å². The van der Waals surface area contributed by atoms with Gasteiger partial charge in [0.05, 0.1) is 22.3 Å². The fourth-order valence-corrected chi connectivity index (χ4v) is 2.93. The zero-order valence-corrected chi connectivity index (χ0v) is 12.1. The van der Waals surface area contributed by atoms with Crippen LogP contribution < -0.4 is 4.74 Å². The fourth-order valence-electron chi connectivity index (χ4n) is 1.86. The van der Waals surface area contributed by atoms with Gasteiger partial charge < -0.3 is 9.84 Å². The molecule has 0 atom stereocenters. The van der Waals surface area contributed by atoms with E-state index in [1.54, 1.807) is 0 Å². The summed E-state index contributed by atoms with van der Waals surface area (Å²) >= 11 is 0. The molecule has 0 saturated heterocycles. The Hall–Kier alpha value is -1.88. The monoisotopic (exact) mass is 334 g/mol. The van der Waals surface area contributed by atoms with Gasteiger partial charge in [-0.05, 0) is 17.5 Å². The highest BCUT2D eigenvalue weighted by molar-refractivity contribution is 7.86. The zero-order valence-electron chi connectivity index (χ0n) is 10.5. The van der Waals surface area contributed by atoms with E-state index in [-0.39, 0.29) is 16.5 Å². The van der Waals surface area contributed by atoms with Gasteiger partial charge in [0.15, 0.2) is 0 Å². The highest BCUT2D eigenvalue weighted by Gasteiger charge is 2.19. The lowest BCUT2D eigenvalue weighted by atomic mass is 10.1. The smallest absolute Gasteiger partial charge is 0.294 e. The average molecular weight is 334 g/mol. The van der Waals surface area contributed by atoms with Crippen LogP contribution in [-0.4, -0.2) is 38.2 Å². The molecule has 0 heterocycles. The number of hydrogen-bond donors (Lipinski definition) is 3. The van der Waals surface area contributed by atoms with Crippen molar-refractivity contribution in [1.82, 2.24) is 0 Å². The Balaban J connectivity index is 2.97. The molecule has 2 rings (SSSR count). The van der Waals surface area contributed by atoms with Gasteiger partial charge in [0.1, 0.15) is 11.5 Å². The Morgan fingerprint density at radius 2 is 1.38 bits per heavy atom. The molecule has 2 aromatic rings. The molecule has 0 spiro atoms. The van der Waals surface area contributed by atoms with Gasteiger partial charge in [-0.15, -0.1) is 0 Å². The zero-order chi connectivity index (χ0) is 16.0. The molecule has 21 heavy (non-hydrogen) atoms. The van der Waals surface area contributed by atoms with Crippen LogP contribution in [0.15, 0.2) is 34.1 Å². The molecular weight excluding hydrogens is 324 g/mol. The van der Waals surface area contributed by atoms with Crippen LogP contribution in [0.3, 0.4) is 0 Å². The molecule has 0 aliphatic rings. The molecule has 0 saturated carbocycles. The van der Waals surface area contributed by atoms with Crippen LogP contribution in [0.25, 0.3) is 10.8 Å². The van der Waals surface area contributed by atoms with Gasteiger partial charge in [-0.25, -0.2) is 0 Å². The summed E-state index contributed by atoms with van der Waals surface area (Å²) < 4.78 is 67.6. The van der Waals surface area contributed by atoms with Crippen molar-refractivity contribution < 1.29 is 35.8 Å². The van der Waals surface area contributed by atoms with E-state index in [2.05, 4.69) is 0 Å². The molecule has 0 radical (unpaired) electrons. The van der Waals surface area contributed by atoms with Gasteiger partial charge in [0, 0.05) is 12.1 Å². The maximum Gasteiger partial charge on any atom is 0.294 e. The normalized spacial score (nSPS) is 12.5. The number of benzene rings is 2. The highest BCUT2D eigenvalue weighted by Crippen LogP contribution is 2.37. The van der Waals surface area contributed by atoms with Gasteiger partial charge in [0.2, 0.25) is 0 Å². The van der Waals surface area contributed by atoms with Crippen molar-refractivity contribution in [1.29, 1.82) is 0 Å². The van der Waals surface area contributed by atoms with Crippen LogP contribution in [0.5, 0.6) is 11.5 Å². The summed E-state index contributed by atoms with van der Waals surface area (Å²) in [6, 6.07) is 3.67. The number of aromatic hydroxyl groups is 1. The van der Waals surface area contributed by atoms with Gasteiger partial charge in [-0.1, -0.05) is 0 Å². The van der Waals surface area contributed by atoms with Crippen LogP contribution in [0.4, 0.5) is 0 Å². The first-order chi connectivity index (χ1) is 9.54. The van der Waals surface area contributed by atoms with Crippen LogP contribution in [0, 0.1) is 0 Å². The molecular formula is C11H10O8S2. The average Bonchev–Trinajstić information content (AvgIpc) is 2.34. The van der Waals surface area contributed by atoms with Crippen LogP contribution in [-0.2, 0) is 20.2 Å². The Labute approximate surface area is 120 Å². The quantitative estimate of drug-likeness (QED) is 0.708. The Kier molecular flexibility index (Phi) is 3.58. The maximum atomic E-state index is 11.2. The summed E-state index contributed by atoms with van der Waals surface area (Å²) in [5, 5.41) is 9.85. The summed E-state index contributed by atoms with van der Waals surface area (Å²) in [6.45, 7) is 0. The van der Waals surface area contributed by atoms with Crippen molar-refractivity contribution in [3.05, 3.63) is 24.3 Å². The van der Waals surface area contributed by atoms with Gasteiger partial charge in [0.25, 0.3) is 20.2 Å². The lowest BCUT2D eigenvalue weighted by Gasteiger charge is -2.10. The number of phenols is 1.